The van der Waals surface area contributed by atoms with Crippen LogP contribution in [0.15, 0.2) is 24.4 Å². The van der Waals surface area contributed by atoms with Crippen molar-refractivity contribution in [1.29, 1.82) is 0 Å². The van der Waals surface area contributed by atoms with Crippen LogP contribution in [0.1, 0.15) is 58.1 Å². The molecule has 154 valence electrons. The van der Waals surface area contributed by atoms with Gasteiger partial charge in [0, 0.05) is 24.2 Å². The van der Waals surface area contributed by atoms with Crippen LogP contribution in [0, 0.1) is 11.8 Å². The van der Waals surface area contributed by atoms with E-state index in [1.54, 1.807) is 18.3 Å². The number of carbonyl (C=O) groups is 2. The summed E-state index contributed by atoms with van der Waals surface area (Å²) < 4.78 is 0. The topological polar surface area (TPSA) is 112 Å². The molecule has 0 bridgehead atoms. The van der Waals surface area contributed by atoms with E-state index in [0.29, 0.717) is 12.1 Å². The van der Waals surface area contributed by atoms with Gasteiger partial charge in [0.15, 0.2) is 0 Å². The number of carbonyl (C=O) groups excluding carboxylic acids is 2. The smallest absolute Gasteiger partial charge is 0.426 e. The van der Waals surface area contributed by atoms with Crippen LogP contribution in [0.4, 0.5) is 0 Å². The van der Waals surface area contributed by atoms with Gasteiger partial charge in [-0.1, -0.05) is 39.2 Å². The standard InChI is InChI=1S/C20H32BN3O4/c1-14(2)12-18(21(27)28)24-20(26)17(13-16-10-6-7-11-22-16)23-19(25)15-8-4-3-5-9-15/h6-7,10-11,14-15,17-18,27-28H,3-5,8-9,12-13H2,1-2H3,(H,23,25)(H,24,26)/t17-,18-/m0/s1. The largest absolute Gasteiger partial charge is 0.475 e. The van der Waals surface area contributed by atoms with Crippen molar-refractivity contribution in [2.45, 2.75) is 70.8 Å². The molecule has 2 atom stereocenters. The predicted molar refractivity (Wildman–Crippen MR) is 108 cm³/mol. The monoisotopic (exact) mass is 389 g/mol. The summed E-state index contributed by atoms with van der Waals surface area (Å²) in [5.41, 5.74) is 0.691. The molecule has 2 rings (SSSR count). The first-order chi connectivity index (χ1) is 13.4. The van der Waals surface area contributed by atoms with E-state index in [2.05, 4.69) is 15.6 Å². The van der Waals surface area contributed by atoms with Crippen molar-refractivity contribution in [3.63, 3.8) is 0 Å². The predicted octanol–water partition coefficient (Wildman–Crippen LogP) is 1.23. The fraction of sp³-hybridized carbons (Fsp3) is 0.650. The summed E-state index contributed by atoms with van der Waals surface area (Å²) in [5, 5.41) is 24.8. The van der Waals surface area contributed by atoms with Crippen LogP contribution in [0.3, 0.4) is 0 Å². The van der Waals surface area contributed by atoms with Crippen LogP contribution in [0.5, 0.6) is 0 Å². The second kappa shape index (κ2) is 11.2. The molecule has 2 amide bonds. The zero-order valence-corrected chi connectivity index (χ0v) is 16.8. The van der Waals surface area contributed by atoms with E-state index in [1.165, 1.54) is 0 Å². The molecule has 1 aliphatic rings. The minimum Gasteiger partial charge on any atom is -0.426 e. The van der Waals surface area contributed by atoms with E-state index < -0.39 is 25.0 Å². The lowest BCUT2D eigenvalue weighted by Gasteiger charge is -2.26. The third-order valence-electron chi connectivity index (χ3n) is 5.16. The van der Waals surface area contributed by atoms with Gasteiger partial charge in [0.25, 0.3) is 0 Å². The Morgan fingerprint density at radius 3 is 2.46 bits per heavy atom. The van der Waals surface area contributed by atoms with Crippen LogP contribution in [0.25, 0.3) is 0 Å². The fourth-order valence-electron chi connectivity index (χ4n) is 3.64. The maximum absolute atomic E-state index is 12.9. The van der Waals surface area contributed by atoms with E-state index >= 15 is 0 Å². The Morgan fingerprint density at radius 2 is 1.89 bits per heavy atom. The van der Waals surface area contributed by atoms with Crippen LogP contribution >= 0.6 is 0 Å². The summed E-state index contributed by atoms with van der Waals surface area (Å²) in [6, 6.07) is 4.62. The van der Waals surface area contributed by atoms with E-state index in [0.717, 1.165) is 32.1 Å². The molecule has 0 saturated heterocycles. The average Bonchev–Trinajstić information content (AvgIpc) is 2.68. The number of rotatable bonds is 9. The van der Waals surface area contributed by atoms with Crippen molar-refractivity contribution >= 4 is 18.9 Å². The quantitative estimate of drug-likeness (QED) is 0.475. The number of nitrogens with one attached hydrogen (secondary N) is 2. The molecule has 0 spiro atoms. The van der Waals surface area contributed by atoms with Crippen molar-refractivity contribution in [3.8, 4) is 0 Å². The van der Waals surface area contributed by atoms with E-state index in [-0.39, 0.29) is 24.2 Å². The summed E-state index contributed by atoms with van der Waals surface area (Å²) in [6.07, 6.45) is 7.21. The molecule has 1 aromatic rings. The van der Waals surface area contributed by atoms with Crippen molar-refractivity contribution in [2.75, 3.05) is 0 Å². The molecule has 0 unspecified atom stereocenters. The average molecular weight is 389 g/mol. The summed E-state index contributed by atoms with van der Waals surface area (Å²) in [7, 11) is -1.66. The van der Waals surface area contributed by atoms with Gasteiger partial charge in [-0.05, 0) is 37.3 Å². The maximum Gasteiger partial charge on any atom is 0.475 e. The third kappa shape index (κ3) is 7.24. The van der Waals surface area contributed by atoms with E-state index in [9.17, 15) is 19.6 Å². The second-order valence-electron chi connectivity index (χ2n) is 8.08. The van der Waals surface area contributed by atoms with Gasteiger partial charge < -0.3 is 20.7 Å². The van der Waals surface area contributed by atoms with E-state index in [4.69, 9.17) is 0 Å². The molecule has 1 aromatic heterocycles. The van der Waals surface area contributed by atoms with E-state index in [1.807, 2.05) is 19.9 Å². The van der Waals surface area contributed by atoms with Gasteiger partial charge in [-0.2, -0.15) is 0 Å². The van der Waals surface area contributed by atoms with Gasteiger partial charge in [-0.3, -0.25) is 14.6 Å². The summed E-state index contributed by atoms with van der Waals surface area (Å²) >= 11 is 0. The first-order valence-electron chi connectivity index (χ1n) is 10.2. The molecule has 0 radical (unpaired) electrons. The van der Waals surface area contributed by atoms with Crippen molar-refractivity contribution in [2.24, 2.45) is 11.8 Å². The number of hydrogen-bond donors (Lipinski definition) is 4. The highest BCUT2D eigenvalue weighted by Gasteiger charge is 2.31. The minimum absolute atomic E-state index is 0.0670. The zero-order valence-electron chi connectivity index (χ0n) is 16.8. The number of nitrogens with zero attached hydrogens (tertiary/aromatic N) is 1. The molecule has 0 aliphatic heterocycles. The summed E-state index contributed by atoms with van der Waals surface area (Å²) in [5.74, 6) is -1.21. The molecular formula is C20H32BN3O4. The molecule has 7 nitrogen and oxygen atoms in total. The molecule has 8 heteroatoms. The molecule has 1 aliphatic carbocycles. The fourth-order valence-corrected chi connectivity index (χ4v) is 3.64. The van der Waals surface area contributed by atoms with Gasteiger partial charge in [0.2, 0.25) is 11.8 Å². The van der Waals surface area contributed by atoms with Crippen molar-refractivity contribution in [3.05, 3.63) is 30.1 Å². The maximum atomic E-state index is 12.9. The highest BCUT2D eigenvalue weighted by Crippen LogP contribution is 2.23. The Hall–Kier alpha value is -1.93. The van der Waals surface area contributed by atoms with Crippen molar-refractivity contribution < 1.29 is 19.6 Å². The zero-order chi connectivity index (χ0) is 20.5. The Kier molecular flexibility index (Phi) is 8.92. The molecule has 1 saturated carbocycles. The lowest BCUT2D eigenvalue weighted by molar-refractivity contribution is -0.132. The van der Waals surface area contributed by atoms with Crippen LogP contribution in [-0.4, -0.2) is 45.9 Å². The molecule has 0 aromatic carbocycles. The first-order valence-corrected chi connectivity index (χ1v) is 10.2. The normalized spacial score (nSPS) is 17.0. The van der Waals surface area contributed by atoms with Gasteiger partial charge in [0.1, 0.15) is 6.04 Å². The Morgan fingerprint density at radius 1 is 1.18 bits per heavy atom. The summed E-state index contributed by atoms with van der Waals surface area (Å²) in [6.45, 7) is 3.88. The molecule has 28 heavy (non-hydrogen) atoms. The Balaban J connectivity index is 2.09. The molecule has 4 N–H and O–H groups in total. The number of pyridine rings is 1. The summed E-state index contributed by atoms with van der Waals surface area (Å²) in [4.78, 5) is 29.8. The van der Waals surface area contributed by atoms with Gasteiger partial charge in [-0.15, -0.1) is 0 Å². The second-order valence-corrected chi connectivity index (χ2v) is 8.08. The van der Waals surface area contributed by atoms with Crippen LogP contribution in [0.2, 0.25) is 0 Å². The minimum atomic E-state index is -1.66. The Labute approximate surface area is 167 Å². The first kappa shape index (κ1) is 22.4. The highest BCUT2D eigenvalue weighted by atomic mass is 16.4. The lowest BCUT2D eigenvalue weighted by atomic mass is 9.75. The number of aromatic nitrogens is 1. The lowest BCUT2D eigenvalue weighted by Crippen LogP contribution is -2.55. The van der Waals surface area contributed by atoms with Crippen molar-refractivity contribution in [1.82, 2.24) is 15.6 Å². The Bertz CT molecular complexity index is 621. The van der Waals surface area contributed by atoms with Crippen LogP contribution in [-0.2, 0) is 16.0 Å². The molecule has 1 heterocycles. The molecular weight excluding hydrogens is 357 g/mol. The number of hydrogen-bond acceptors (Lipinski definition) is 5. The molecule has 1 fully saturated rings. The third-order valence-corrected chi connectivity index (χ3v) is 5.16. The highest BCUT2D eigenvalue weighted by molar-refractivity contribution is 6.43. The van der Waals surface area contributed by atoms with Crippen LogP contribution < -0.4 is 10.6 Å². The van der Waals surface area contributed by atoms with Gasteiger partial charge in [-0.25, -0.2) is 0 Å². The SMILES string of the molecule is CC(C)C[C@H](NC(=O)[C@H](Cc1ccccn1)NC(=O)C1CCCCC1)B(O)O. The van der Waals surface area contributed by atoms with Gasteiger partial charge in [0.05, 0.1) is 5.94 Å². The number of amides is 2. The van der Waals surface area contributed by atoms with Gasteiger partial charge >= 0.3 is 7.12 Å².